The topological polar surface area (TPSA) is 95.9 Å². The van der Waals surface area contributed by atoms with Crippen LogP contribution >= 0.6 is 0 Å². The monoisotopic (exact) mass is 1170 g/mol. The van der Waals surface area contributed by atoms with Crippen LogP contribution in [0, 0.1) is 0 Å². The summed E-state index contributed by atoms with van der Waals surface area (Å²) in [6.45, 7) is 4.92. The molecule has 0 saturated heterocycles. The van der Waals surface area contributed by atoms with E-state index in [-0.39, 0.29) is 18.5 Å². The molecule has 0 aliphatic carbocycles. The van der Waals surface area contributed by atoms with Crippen molar-refractivity contribution < 1.29 is 24.5 Å². The second-order valence-corrected chi connectivity index (χ2v) is 26.0. The molecular weight excluding hydrogens is 1020 g/mol. The number of allylic oxidation sites excluding steroid dienone is 5. The van der Waals surface area contributed by atoms with Gasteiger partial charge in [0.15, 0.2) is 0 Å². The highest BCUT2D eigenvalue weighted by Crippen LogP contribution is 2.19. The summed E-state index contributed by atoms with van der Waals surface area (Å²) in [4.78, 5) is 24.6. The molecule has 0 aromatic carbocycles. The van der Waals surface area contributed by atoms with Crippen LogP contribution in [0.3, 0.4) is 0 Å². The number of aliphatic hydroxyl groups is 2. The van der Waals surface area contributed by atoms with Crippen LogP contribution in [0.15, 0.2) is 36.5 Å². The summed E-state index contributed by atoms with van der Waals surface area (Å²) in [6.07, 6.45) is 93.9. The fraction of sp³-hybridized carbons (Fsp3) is 0.896. The van der Waals surface area contributed by atoms with Crippen LogP contribution in [0.4, 0.5) is 0 Å². The van der Waals surface area contributed by atoms with Crippen LogP contribution < -0.4 is 5.32 Å². The lowest BCUT2D eigenvalue weighted by Gasteiger charge is -2.20. The first-order valence-corrected chi connectivity index (χ1v) is 37.8. The average molecular weight is 1170 g/mol. The smallest absolute Gasteiger partial charge is 0.305 e. The van der Waals surface area contributed by atoms with Crippen molar-refractivity contribution in [1.29, 1.82) is 0 Å². The number of rotatable bonds is 71. The number of unbranched alkanes of at least 4 members (excludes halogenated alkanes) is 56. The van der Waals surface area contributed by atoms with Crippen molar-refractivity contribution >= 4 is 11.9 Å². The molecule has 0 spiro atoms. The minimum absolute atomic E-state index is 0.0136. The van der Waals surface area contributed by atoms with Crippen LogP contribution in [0.5, 0.6) is 0 Å². The summed E-state index contributed by atoms with van der Waals surface area (Å²) in [5.74, 6) is -0.0470. The summed E-state index contributed by atoms with van der Waals surface area (Å²) in [7, 11) is 0. The van der Waals surface area contributed by atoms with Crippen LogP contribution in [0.1, 0.15) is 418 Å². The zero-order valence-corrected chi connectivity index (χ0v) is 56.2. The van der Waals surface area contributed by atoms with Gasteiger partial charge in [0.05, 0.1) is 25.4 Å². The Labute approximate surface area is 519 Å². The van der Waals surface area contributed by atoms with Gasteiger partial charge in [-0.05, 0) is 64.2 Å². The summed E-state index contributed by atoms with van der Waals surface area (Å²) in [5, 5.41) is 23.2. The molecule has 0 saturated carbocycles. The Morgan fingerprint density at radius 2 is 0.602 bits per heavy atom. The molecule has 1 amide bonds. The molecule has 0 aliphatic rings. The van der Waals surface area contributed by atoms with Crippen molar-refractivity contribution in [2.24, 2.45) is 0 Å². The highest BCUT2D eigenvalue weighted by Gasteiger charge is 2.18. The first-order valence-electron chi connectivity index (χ1n) is 37.8. The normalized spacial score (nSPS) is 12.7. The van der Waals surface area contributed by atoms with Crippen LogP contribution in [-0.2, 0) is 14.3 Å². The number of hydrogen-bond acceptors (Lipinski definition) is 5. The zero-order valence-electron chi connectivity index (χ0n) is 56.2. The second-order valence-electron chi connectivity index (χ2n) is 26.0. The Morgan fingerprint density at radius 1 is 0.337 bits per heavy atom. The third-order valence-corrected chi connectivity index (χ3v) is 17.7. The Bertz CT molecular complexity index is 1340. The van der Waals surface area contributed by atoms with E-state index >= 15 is 0 Å². The van der Waals surface area contributed by atoms with E-state index in [9.17, 15) is 19.8 Å². The van der Waals surface area contributed by atoms with E-state index in [1.54, 1.807) is 6.08 Å². The van der Waals surface area contributed by atoms with Crippen molar-refractivity contribution in [3.05, 3.63) is 36.5 Å². The van der Waals surface area contributed by atoms with Crippen molar-refractivity contribution in [2.45, 2.75) is 431 Å². The van der Waals surface area contributed by atoms with Crippen molar-refractivity contribution in [1.82, 2.24) is 5.32 Å². The highest BCUT2D eigenvalue weighted by atomic mass is 16.5. The minimum atomic E-state index is -0.842. The number of nitrogens with one attached hydrogen (secondary N) is 1. The molecule has 0 heterocycles. The van der Waals surface area contributed by atoms with Gasteiger partial charge in [-0.1, -0.05) is 378 Å². The number of hydrogen-bond donors (Lipinski definition) is 3. The maximum absolute atomic E-state index is 12.5. The number of amides is 1. The van der Waals surface area contributed by atoms with Gasteiger partial charge in [-0.25, -0.2) is 0 Å². The van der Waals surface area contributed by atoms with Crippen LogP contribution in [0.2, 0.25) is 0 Å². The van der Waals surface area contributed by atoms with E-state index in [0.717, 1.165) is 51.4 Å². The molecule has 0 fully saturated rings. The molecule has 0 rings (SSSR count). The average Bonchev–Trinajstić information content (AvgIpc) is 3.48. The van der Waals surface area contributed by atoms with Gasteiger partial charge in [0.1, 0.15) is 0 Å². The van der Waals surface area contributed by atoms with Crippen LogP contribution in [0.25, 0.3) is 0 Å². The summed E-state index contributed by atoms with van der Waals surface area (Å²) in [5.41, 5.74) is 0. The van der Waals surface area contributed by atoms with Crippen molar-refractivity contribution in [3.8, 4) is 0 Å². The van der Waals surface area contributed by atoms with Gasteiger partial charge in [-0.2, -0.15) is 0 Å². The lowest BCUT2D eigenvalue weighted by molar-refractivity contribution is -0.143. The molecule has 6 heteroatoms. The summed E-state index contributed by atoms with van der Waals surface area (Å²) < 4.78 is 5.51. The predicted molar refractivity (Wildman–Crippen MR) is 366 cm³/mol. The van der Waals surface area contributed by atoms with Crippen molar-refractivity contribution in [3.63, 3.8) is 0 Å². The van der Waals surface area contributed by atoms with Gasteiger partial charge >= 0.3 is 5.97 Å². The van der Waals surface area contributed by atoms with Gasteiger partial charge in [-0.15, -0.1) is 0 Å². The third kappa shape index (κ3) is 69.1. The number of esters is 1. The Hall–Kier alpha value is -1.92. The van der Waals surface area contributed by atoms with Gasteiger partial charge in [-0.3, -0.25) is 9.59 Å². The molecule has 0 radical (unpaired) electrons. The lowest BCUT2D eigenvalue weighted by atomic mass is 10.0. The Morgan fingerprint density at radius 3 is 0.928 bits per heavy atom. The van der Waals surface area contributed by atoms with E-state index in [1.807, 2.05) is 6.08 Å². The summed E-state index contributed by atoms with van der Waals surface area (Å²) >= 11 is 0. The molecular formula is C77H147NO5. The summed E-state index contributed by atoms with van der Waals surface area (Å²) in [6, 6.07) is -0.625. The first-order chi connectivity index (χ1) is 41.0. The molecule has 2 atom stereocenters. The minimum Gasteiger partial charge on any atom is -0.466 e. The third-order valence-electron chi connectivity index (χ3n) is 17.7. The van der Waals surface area contributed by atoms with E-state index in [4.69, 9.17) is 4.74 Å². The first kappa shape index (κ1) is 81.1. The van der Waals surface area contributed by atoms with Gasteiger partial charge in [0.2, 0.25) is 5.91 Å². The molecule has 0 aromatic rings. The Balaban J connectivity index is 3.34. The maximum Gasteiger partial charge on any atom is 0.305 e. The molecule has 0 aromatic heterocycles. The van der Waals surface area contributed by atoms with E-state index in [1.165, 1.54) is 340 Å². The molecule has 0 bridgehead atoms. The maximum atomic E-state index is 12.5. The van der Waals surface area contributed by atoms with E-state index < -0.39 is 12.1 Å². The molecule has 0 aliphatic heterocycles. The van der Waals surface area contributed by atoms with E-state index in [0.29, 0.717) is 19.4 Å². The van der Waals surface area contributed by atoms with Crippen molar-refractivity contribution in [2.75, 3.05) is 13.2 Å². The fourth-order valence-corrected chi connectivity index (χ4v) is 11.9. The molecule has 2 unspecified atom stereocenters. The lowest BCUT2D eigenvalue weighted by Crippen LogP contribution is -2.45. The van der Waals surface area contributed by atoms with Gasteiger partial charge in [0.25, 0.3) is 0 Å². The molecule has 490 valence electrons. The highest BCUT2D eigenvalue weighted by molar-refractivity contribution is 5.76. The molecule has 83 heavy (non-hydrogen) atoms. The number of carbonyl (C=O) groups excluding carboxylic acids is 2. The zero-order chi connectivity index (χ0) is 59.9. The van der Waals surface area contributed by atoms with Gasteiger partial charge in [0, 0.05) is 12.8 Å². The molecule has 3 N–H and O–H groups in total. The number of ether oxygens (including phenoxy) is 1. The van der Waals surface area contributed by atoms with Gasteiger partial charge < -0.3 is 20.3 Å². The quantitative estimate of drug-likeness (QED) is 0.0320. The fourth-order valence-electron chi connectivity index (χ4n) is 11.9. The predicted octanol–water partition coefficient (Wildman–Crippen LogP) is 24.7. The van der Waals surface area contributed by atoms with Crippen LogP contribution in [-0.4, -0.2) is 47.4 Å². The van der Waals surface area contributed by atoms with E-state index in [2.05, 4.69) is 43.5 Å². The second kappa shape index (κ2) is 72.6. The number of aliphatic hydroxyl groups excluding tert-OH is 2. The number of carbonyl (C=O) groups is 2. The largest absolute Gasteiger partial charge is 0.466 e. The standard InChI is InChI=1S/C77H147NO5/c1-3-5-7-9-11-13-15-17-19-21-39-43-47-51-55-59-63-67-71-77(82)83-72-68-64-60-56-52-48-44-40-36-34-32-30-28-26-24-22-23-25-27-29-31-33-35-38-42-46-50-54-58-62-66-70-76(81)78-74(73-79)75(80)69-65-61-57-53-49-45-41-37-20-18-16-14-12-10-8-6-4-2/h13,15,19,21,65,69,74-75,79-80H,3-12,14,16-18,20,22-64,66-68,70-73H2,1-2H3,(H,78,81)/b15-13-,21-19-,69-65+. The SMILES string of the molecule is CCCCCC/C=C\C/C=C\CCCCCCCCCC(=O)OCCCCCCCCCCCCCCCCCCCCCCCCCCCCCCCCCC(=O)NC(CO)C(O)/C=C/CCCCCCCCCCCCCCCCC. The Kier molecular flexibility index (Phi) is 70.9. The molecule has 6 nitrogen and oxygen atoms in total.